The van der Waals surface area contributed by atoms with Crippen molar-refractivity contribution in [1.82, 2.24) is 4.90 Å². The smallest absolute Gasteiger partial charge is 0.339 e. The number of amides is 1. The van der Waals surface area contributed by atoms with Crippen LogP contribution in [-0.2, 0) is 9.53 Å². The number of carbonyl (C=O) groups excluding carboxylic acids is 3. The molecule has 2 aromatic carbocycles. The molecule has 8 nitrogen and oxygen atoms in total. The van der Waals surface area contributed by atoms with Crippen molar-refractivity contribution in [2.75, 3.05) is 6.61 Å². The van der Waals surface area contributed by atoms with Crippen molar-refractivity contribution in [2.24, 2.45) is 0 Å². The van der Waals surface area contributed by atoms with Crippen LogP contribution in [0.4, 0.5) is 5.69 Å². The van der Waals surface area contributed by atoms with Crippen molar-refractivity contribution in [2.45, 2.75) is 45.2 Å². The number of hydrogen-bond donors (Lipinski definition) is 0. The molecule has 2 aromatic rings. The Balaban J connectivity index is 1.78. The standard InChI is InChI=1S/C23H23ClN2O6/c1-14-6-5-7-15(2)25(14)21(27)13-32-23(29)18-9-4-3-8-17(18)22(28)16-10-11-19(24)20(12-16)26(30)31/h3-4,8-12,14-15H,5-7,13H2,1-2H3. The van der Waals surface area contributed by atoms with Crippen LogP contribution in [0.1, 0.15) is 59.4 Å². The van der Waals surface area contributed by atoms with Gasteiger partial charge in [0, 0.05) is 29.3 Å². The van der Waals surface area contributed by atoms with Crippen LogP contribution in [0.25, 0.3) is 0 Å². The van der Waals surface area contributed by atoms with E-state index in [1.807, 2.05) is 13.8 Å². The maximum absolute atomic E-state index is 13.0. The molecule has 2 unspecified atom stereocenters. The number of nitro benzene ring substituents is 1. The van der Waals surface area contributed by atoms with Gasteiger partial charge in [0.15, 0.2) is 12.4 Å². The molecule has 0 bridgehead atoms. The summed E-state index contributed by atoms with van der Waals surface area (Å²) in [5.74, 6) is -1.69. The van der Waals surface area contributed by atoms with Gasteiger partial charge in [-0.1, -0.05) is 29.8 Å². The van der Waals surface area contributed by atoms with E-state index < -0.39 is 29.0 Å². The van der Waals surface area contributed by atoms with E-state index in [2.05, 4.69) is 0 Å². The van der Waals surface area contributed by atoms with Crippen LogP contribution in [-0.4, -0.2) is 46.2 Å². The first kappa shape index (κ1) is 23.4. The van der Waals surface area contributed by atoms with Gasteiger partial charge in [-0.2, -0.15) is 0 Å². The number of nitro groups is 1. The number of carbonyl (C=O) groups is 3. The molecule has 1 aliphatic rings. The van der Waals surface area contributed by atoms with Crippen LogP contribution in [0.5, 0.6) is 0 Å². The molecule has 168 valence electrons. The van der Waals surface area contributed by atoms with E-state index in [9.17, 15) is 24.5 Å². The lowest BCUT2D eigenvalue weighted by Crippen LogP contribution is -2.49. The second kappa shape index (κ2) is 9.91. The van der Waals surface area contributed by atoms with Gasteiger partial charge in [-0.05, 0) is 51.3 Å². The quantitative estimate of drug-likeness (QED) is 0.274. The molecule has 1 amide bonds. The largest absolute Gasteiger partial charge is 0.452 e. The summed E-state index contributed by atoms with van der Waals surface area (Å²) in [6.07, 6.45) is 2.84. The van der Waals surface area contributed by atoms with Crippen molar-refractivity contribution in [1.29, 1.82) is 0 Å². The monoisotopic (exact) mass is 458 g/mol. The third-order valence-corrected chi connectivity index (χ3v) is 5.92. The van der Waals surface area contributed by atoms with E-state index in [4.69, 9.17) is 16.3 Å². The first-order valence-corrected chi connectivity index (χ1v) is 10.6. The third kappa shape index (κ3) is 4.96. The topological polar surface area (TPSA) is 107 Å². The molecular weight excluding hydrogens is 436 g/mol. The summed E-state index contributed by atoms with van der Waals surface area (Å²) in [5, 5.41) is 11.0. The summed E-state index contributed by atoms with van der Waals surface area (Å²) in [6, 6.07) is 9.78. The first-order valence-electron chi connectivity index (χ1n) is 10.3. The Morgan fingerprint density at radius 3 is 2.34 bits per heavy atom. The molecule has 0 aliphatic carbocycles. The number of likely N-dealkylation sites (tertiary alicyclic amines) is 1. The van der Waals surface area contributed by atoms with E-state index in [-0.39, 0.29) is 39.7 Å². The minimum Gasteiger partial charge on any atom is -0.452 e. The maximum Gasteiger partial charge on any atom is 0.339 e. The van der Waals surface area contributed by atoms with Crippen molar-refractivity contribution in [3.05, 3.63) is 74.3 Å². The van der Waals surface area contributed by atoms with Gasteiger partial charge in [0.25, 0.3) is 11.6 Å². The Hall–Kier alpha value is -3.26. The number of ether oxygens (including phenoxy) is 1. The van der Waals surface area contributed by atoms with E-state index in [0.29, 0.717) is 0 Å². The van der Waals surface area contributed by atoms with Gasteiger partial charge in [0.05, 0.1) is 10.5 Å². The molecule has 1 heterocycles. The molecular formula is C23H23ClN2O6. The van der Waals surface area contributed by atoms with Gasteiger partial charge in [0.1, 0.15) is 5.02 Å². The fourth-order valence-corrected chi connectivity index (χ4v) is 4.19. The molecule has 3 rings (SSSR count). The van der Waals surface area contributed by atoms with Crippen molar-refractivity contribution < 1.29 is 24.0 Å². The van der Waals surface area contributed by atoms with E-state index in [1.165, 1.54) is 24.3 Å². The third-order valence-electron chi connectivity index (χ3n) is 5.60. The zero-order chi connectivity index (χ0) is 23.4. The Morgan fingerprint density at radius 2 is 1.72 bits per heavy atom. The summed E-state index contributed by atoms with van der Waals surface area (Å²) < 4.78 is 5.24. The number of rotatable bonds is 6. The van der Waals surface area contributed by atoms with Crippen molar-refractivity contribution in [3.8, 4) is 0 Å². The van der Waals surface area contributed by atoms with Crippen LogP contribution in [0.15, 0.2) is 42.5 Å². The molecule has 0 aromatic heterocycles. The zero-order valence-electron chi connectivity index (χ0n) is 17.7. The lowest BCUT2D eigenvalue weighted by atomic mass is 9.97. The minimum atomic E-state index is -0.817. The number of benzene rings is 2. The first-order chi connectivity index (χ1) is 15.2. The lowest BCUT2D eigenvalue weighted by molar-refractivity contribution is -0.384. The summed E-state index contributed by atoms with van der Waals surface area (Å²) >= 11 is 5.82. The summed E-state index contributed by atoms with van der Waals surface area (Å²) in [7, 11) is 0. The molecule has 2 atom stereocenters. The van der Waals surface area contributed by atoms with Crippen LogP contribution in [0.3, 0.4) is 0 Å². The van der Waals surface area contributed by atoms with Crippen LogP contribution in [0, 0.1) is 10.1 Å². The van der Waals surface area contributed by atoms with Crippen LogP contribution in [0.2, 0.25) is 5.02 Å². The highest BCUT2D eigenvalue weighted by molar-refractivity contribution is 6.33. The molecule has 1 saturated heterocycles. The Labute approximate surface area is 190 Å². The van der Waals surface area contributed by atoms with Crippen molar-refractivity contribution >= 4 is 34.9 Å². The summed E-state index contributed by atoms with van der Waals surface area (Å²) in [5.41, 5.74) is -0.412. The lowest BCUT2D eigenvalue weighted by Gasteiger charge is -2.38. The fourth-order valence-electron chi connectivity index (χ4n) is 4.00. The van der Waals surface area contributed by atoms with Gasteiger partial charge in [0.2, 0.25) is 0 Å². The normalized spacial score (nSPS) is 18.2. The summed E-state index contributed by atoms with van der Waals surface area (Å²) in [6.45, 7) is 3.51. The highest BCUT2D eigenvalue weighted by Crippen LogP contribution is 2.27. The number of piperidine rings is 1. The second-order valence-corrected chi connectivity index (χ2v) is 8.21. The van der Waals surface area contributed by atoms with E-state index >= 15 is 0 Å². The predicted molar refractivity (Wildman–Crippen MR) is 118 cm³/mol. The van der Waals surface area contributed by atoms with Crippen molar-refractivity contribution in [3.63, 3.8) is 0 Å². The Morgan fingerprint density at radius 1 is 1.09 bits per heavy atom. The van der Waals surface area contributed by atoms with E-state index in [0.717, 1.165) is 25.3 Å². The fraction of sp³-hybridized carbons (Fsp3) is 0.348. The molecule has 32 heavy (non-hydrogen) atoms. The molecule has 9 heteroatoms. The highest BCUT2D eigenvalue weighted by Gasteiger charge is 2.30. The molecule has 0 spiro atoms. The molecule has 1 fully saturated rings. The highest BCUT2D eigenvalue weighted by atomic mass is 35.5. The number of ketones is 1. The number of esters is 1. The van der Waals surface area contributed by atoms with Gasteiger partial charge in [-0.15, -0.1) is 0 Å². The predicted octanol–water partition coefficient (Wildman–Crippen LogP) is 4.43. The SMILES string of the molecule is CC1CCCC(C)N1C(=O)COC(=O)c1ccccc1C(=O)c1ccc(Cl)c([N+](=O)[O-])c1. The van der Waals surface area contributed by atoms with Crippen LogP contribution < -0.4 is 0 Å². The van der Waals surface area contributed by atoms with Gasteiger partial charge in [-0.3, -0.25) is 19.7 Å². The minimum absolute atomic E-state index is 0.00777. The summed E-state index contributed by atoms with van der Waals surface area (Å²) in [4.78, 5) is 50.5. The van der Waals surface area contributed by atoms with Gasteiger partial charge >= 0.3 is 5.97 Å². The Bertz CT molecular complexity index is 1060. The average Bonchev–Trinajstić information content (AvgIpc) is 2.77. The second-order valence-electron chi connectivity index (χ2n) is 7.80. The maximum atomic E-state index is 13.0. The number of halogens is 1. The number of hydrogen-bond acceptors (Lipinski definition) is 6. The van der Waals surface area contributed by atoms with E-state index in [1.54, 1.807) is 17.0 Å². The molecule has 0 N–H and O–H groups in total. The molecule has 0 saturated carbocycles. The zero-order valence-corrected chi connectivity index (χ0v) is 18.5. The molecule has 0 radical (unpaired) electrons. The van der Waals surface area contributed by atoms with Gasteiger partial charge < -0.3 is 9.64 Å². The molecule has 1 aliphatic heterocycles. The number of nitrogens with zero attached hydrogens (tertiary/aromatic N) is 2. The average molecular weight is 459 g/mol. The van der Waals surface area contributed by atoms with Crippen LogP contribution >= 0.6 is 11.6 Å². The Kier molecular flexibility index (Phi) is 7.25. The van der Waals surface area contributed by atoms with Gasteiger partial charge in [-0.25, -0.2) is 4.79 Å².